The Morgan fingerprint density at radius 2 is 2.16 bits per heavy atom. The molecule has 0 spiro atoms. The lowest BCUT2D eigenvalue weighted by Crippen LogP contribution is -2.17. The van der Waals surface area contributed by atoms with E-state index in [4.69, 9.17) is 28.9 Å². The molecule has 100 valence electrons. The molecule has 19 heavy (non-hydrogen) atoms. The topological polar surface area (TPSA) is 85.8 Å². The van der Waals surface area contributed by atoms with Crippen molar-refractivity contribution in [2.24, 2.45) is 0 Å². The summed E-state index contributed by atoms with van der Waals surface area (Å²) < 4.78 is 1.73. The van der Waals surface area contributed by atoms with Gasteiger partial charge in [0.2, 0.25) is 5.28 Å². The van der Waals surface area contributed by atoms with Gasteiger partial charge in [-0.2, -0.15) is 0 Å². The van der Waals surface area contributed by atoms with Crippen molar-refractivity contribution in [2.75, 3.05) is 11.1 Å². The van der Waals surface area contributed by atoms with Crippen LogP contribution in [-0.2, 0) is 6.54 Å². The average Bonchev–Trinajstić information content (AvgIpc) is 2.69. The molecule has 6 nitrogen and oxygen atoms in total. The number of aryl methyl sites for hydroxylation is 1. The molecule has 0 saturated carbocycles. The summed E-state index contributed by atoms with van der Waals surface area (Å²) in [7, 11) is 0. The largest absolute Gasteiger partial charge is 0.397 e. The van der Waals surface area contributed by atoms with Crippen LogP contribution in [-0.4, -0.2) is 20.4 Å². The van der Waals surface area contributed by atoms with Crippen LogP contribution in [0.25, 0.3) is 0 Å². The molecule has 0 aliphatic carbocycles. The molecule has 8 heteroatoms. The Bertz CT molecular complexity index is 605. The number of halogens is 2. The Kier molecular flexibility index (Phi) is 3.92. The van der Waals surface area contributed by atoms with Gasteiger partial charge in [-0.3, -0.25) is 4.79 Å². The number of hydrogen-bond donors (Lipinski definition) is 2. The van der Waals surface area contributed by atoms with Crippen LogP contribution in [0.5, 0.6) is 0 Å². The first-order valence-electron chi connectivity index (χ1n) is 5.46. The van der Waals surface area contributed by atoms with E-state index in [1.807, 2.05) is 6.92 Å². The maximum Gasteiger partial charge on any atom is 0.273 e. The SMILES string of the molecule is CCn1cc(N)cc1C(=O)Nc1cc(Cl)nc(Cl)n1. The van der Waals surface area contributed by atoms with Gasteiger partial charge in [0.25, 0.3) is 5.91 Å². The number of carbonyl (C=O) groups excluding carboxylic acids is 1. The molecule has 2 aromatic rings. The predicted octanol–water partition coefficient (Wildman–Crippen LogP) is 2.44. The quantitative estimate of drug-likeness (QED) is 0.673. The summed E-state index contributed by atoms with van der Waals surface area (Å²) >= 11 is 11.4. The van der Waals surface area contributed by atoms with E-state index in [0.717, 1.165) is 0 Å². The van der Waals surface area contributed by atoms with Crippen molar-refractivity contribution in [1.29, 1.82) is 0 Å². The molecular formula is C11H11Cl2N5O. The molecule has 0 radical (unpaired) electrons. The van der Waals surface area contributed by atoms with Gasteiger partial charge in [0.15, 0.2) is 0 Å². The van der Waals surface area contributed by atoms with Crippen molar-refractivity contribution >= 4 is 40.6 Å². The molecule has 0 aromatic carbocycles. The van der Waals surface area contributed by atoms with Crippen LogP contribution in [0.4, 0.5) is 11.5 Å². The average molecular weight is 300 g/mol. The second-order valence-corrected chi connectivity index (χ2v) is 4.47. The Morgan fingerprint density at radius 1 is 1.42 bits per heavy atom. The normalized spacial score (nSPS) is 10.5. The summed E-state index contributed by atoms with van der Waals surface area (Å²) in [6.07, 6.45) is 1.69. The van der Waals surface area contributed by atoms with Gasteiger partial charge in [-0.1, -0.05) is 11.6 Å². The second kappa shape index (κ2) is 5.46. The molecular weight excluding hydrogens is 289 g/mol. The fourth-order valence-electron chi connectivity index (χ4n) is 1.62. The minimum atomic E-state index is -0.343. The lowest BCUT2D eigenvalue weighted by atomic mass is 10.3. The standard InChI is InChI=1S/C11H11Cl2N5O/c1-2-18-5-6(14)3-7(18)10(19)16-9-4-8(12)15-11(13)17-9/h3-5H,2,14H2,1H3,(H,15,16,17,19). The van der Waals surface area contributed by atoms with Gasteiger partial charge in [-0.05, 0) is 24.6 Å². The number of nitrogens with zero attached hydrogens (tertiary/aromatic N) is 3. The molecule has 0 unspecified atom stereocenters. The highest BCUT2D eigenvalue weighted by Crippen LogP contribution is 2.16. The van der Waals surface area contributed by atoms with E-state index in [1.54, 1.807) is 16.8 Å². The summed E-state index contributed by atoms with van der Waals surface area (Å²) in [5, 5.41) is 2.71. The highest BCUT2D eigenvalue weighted by Gasteiger charge is 2.13. The van der Waals surface area contributed by atoms with E-state index < -0.39 is 0 Å². The second-order valence-electron chi connectivity index (χ2n) is 3.74. The van der Waals surface area contributed by atoms with Crippen LogP contribution in [0, 0.1) is 0 Å². The summed E-state index contributed by atoms with van der Waals surface area (Å²) in [5.74, 6) is -0.109. The number of nitrogens with two attached hydrogens (primary N) is 1. The zero-order valence-corrected chi connectivity index (χ0v) is 11.5. The third-order valence-electron chi connectivity index (χ3n) is 2.40. The van der Waals surface area contributed by atoms with Gasteiger partial charge >= 0.3 is 0 Å². The molecule has 0 fully saturated rings. The van der Waals surface area contributed by atoms with Gasteiger partial charge in [-0.15, -0.1) is 0 Å². The van der Waals surface area contributed by atoms with Crippen LogP contribution in [0.3, 0.4) is 0 Å². The summed E-state index contributed by atoms with van der Waals surface area (Å²) in [5.41, 5.74) is 6.62. The number of carbonyl (C=O) groups is 1. The molecule has 2 heterocycles. The summed E-state index contributed by atoms with van der Waals surface area (Å²) in [6, 6.07) is 3.00. The maximum absolute atomic E-state index is 12.1. The first-order chi connectivity index (χ1) is 8.99. The maximum atomic E-state index is 12.1. The van der Waals surface area contributed by atoms with E-state index >= 15 is 0 Å². The molecule has 0 bridgehead atoms. The van der Waals surface area contributed by atoms with Gasteiger partial charge < -0.3 is 15.6 Å². The van der Waals surface area contributed by atoms with Gasteiger partial charge in [0, 0.05) is 18.8 Å². The van der Waals surface area contributed by atoms with E-state index in [1.165, 1.54) is 6.07 Å². The number of nitrogens with one attached hydrogen (secondary N) is 1. The fourth-order valence-corrected chi connectivity index (χ4v) is 2.03. The van der Waals surface area contributed by atoms with Crippen molar-refractivity contribution in [2.45, 2.75) is 13.5 Å². The fraction of sp³-hybridized carbons (Fsp3) is 0.182. The smallest absolute Gasteiger partial charge is 0.273 e. The third kappa shape index (κ3) is 3.15. The zero-order valence-electron chi connectivity index (χ0n) is 10.0. The van der Waals surface area contributed by atoms with Gasteiger partial charge in [0.05, 0.1) is 5.69 Å². The first kappa shape index (κ1) is 13.6. The van der Waals surface area contributed by atoms with Crippen molar-refractivity contribution < 1.29 is 4.79 Å². The molecule has 2 aromatic heterocycles. The van der Waals surface area contributed by atoms with Crippen molar-refractivity contribution in [3.05, 3.63) is 34.5 Å². The van der Waals surface area contributed by atoms with Gasteiger partial charge in [0.1, 0.15) is 16.7 Å². The molecule has 1 amide bonds. The van der Waals surface area contributed by atoms with E-state index in [-0.39, 0.29) is 22.2 Å². The number of anilines is 2. The number of rotatable bonds is 3. The molecule has 3 N–H and O–H groups in total. The highest BCUT2D eigenvalue weighted by molar-refractivity contribution is 6.32. The number of aromatic nitrogens is 3. The number of nitrogen functional groups attached to an aromatic ring is 1. The molecule has 2 rings (SSSR count). The van der Waals surface area contributed by atoms with E-state index in [2.05, 4.69) is 15.3 Å². The van der Waals surface area contributed by atoms with Crippen molar-refractivity contribution in [3.8, 4) is 0 Å². The van der Waals surface area contributed by atoms with Crippen LogP contribution in [0.15, 0.2) is 18.3 Å². The van der Waals surface area contributed by atoms with Crippen molar-refractivity contribution in [1.82, 2.24) is 14.5 Å². The van der Waals surface area contributed by atoms with Gasteiger partial charge in [-0.25, -0.2) is 9.97 Å². The highest BCUT2D eigenvalue weighted by atomic mass is 35.5. The van der Waals surface area contributed by atoms with Crippen LogP contribution >= 0.6 is 23.2 Å². The van der Waals surface area contributed by atoms with Crippen molar-refractivity contribution in [3.63, 3.8) is 0 Å². The Hall–Kier alpha value is -1.79. The van der Waals surface area contributed by atoms with E-state index in [0.29, 0.717) is 17.9 Å². The minimum Gasteiger partial charge on any atom is -0.397 e. The number of hydrogen-bond acceptors (Lipinski definition) is 4. The Labute approximate surface area is 119 Å². The third-order valence-corrected chi connectivity index (χ3v) is 2.76. The Morgan fingerprint density at radius 3 is 2.79 bits per heavy atom. The molecule has 0 saturated heterocycles. The lowest BCUT2D eigenvalue weighted by molar-refractivity contribution is 0.101. The lowest BCUT2D eigenvalue weighted by Gasteiger charge is -2.07. The summed E-state index contributed by atoms with van der Waals surface area (Å²) in [6.45, 7) is 2.54. The first-order valence-corrected chi connectivity index (χ1v) is 6.22. The van der Waals surface area contributed by atoms with Crippen LogP contribution in [0.2, 0.25) is 10.4 Å². The predicted molar refractivity (Wildman–Crippen MR) is 74.5 cm³/mol. The molecule has 0 atom stereocenters. The van der Waals surface area contributed by atoms with Crippen LogP contribution in [0.1, 0.15) is 17.4 Å². The van der Waals surface area contributed by atoms with E-state index in [9.17, 15) is 4.79 Å². The Balaban J connectivity index is 2.25. The monoisotopic (exact) mass is 299 g/mol. The van der Waals surface area contributed by atoms with Crippen LogP contribution < -0.4 is 11.1 Å². The number of amides is 1. The zero-order chi connectivity index (χ0) is 14.0. The molecule has 0 aliphatic heterocycles. The minimum absolute atomic E-state index is 0.0341. The molecule has 0 aliphatic rings. The summed E-state index contributed by atoms with van der Waals surface area (Å²) in [4.78, 5) is 19.7.